The second-order valence-corrected chi connectivity index (χ2v) is 18.9. The van der Waals surface area contributed by atoms with E-state index in [2.05, 4.69) is 253 Å². The van der Waals surface area contributed by atoms with Crippen LogP contribution in [0.5, 0.6) is 0 Å². The van der Waals surface area contributed by atoms with Gasteiger partial charge in [0.05, 0.1) is 22.4 Å². The SMILES string of the molecule is c1ccc(-c2ccc(-c3cc(-c4ccc(-c5ccccc5)cc4)nc(-c4ccc(-n5c6ccccc6c6cc(-c7ccccc7-c7ccccc7-c7ccc8oc9ccccc9c8c7)ccc65)cc4)n3)cc2)cc1. The van der Waals surface area contributed by atoms with E-state index in [9.17, 15) is 0 Å². The molecule has 0 unspecified atom stereocenters. The highest BCUT2D eigenvalue weighted by Gasteiger charge is 2.19. The summed E-state index contributed by atoms with van der Waals surface area (Å²) in [5.41, 5.74) is 21.6. The molecule has 346 valence electrons. The lowest BCUT2D eigenvalue weighted by Gasteiger charge is -2.15. The lowest BCUT2D eigenvalue weighted by atomic mass is 9.89. The third kappa shape index (κ3) is 7.65. The first kappa shape index (κ1) is 42.9. The minimum atomic E-state index is 0.672. The fraction of sp³-hybridized carbons (Fsp3) is 0. The van der Waals surface area contributed by atoms with Crippen LogP contribution in [-0.4, -0.2) is 14.5 Å². The third-order valence-corrected chi connectivity index (χ3v) is 14.5. The molecule has 0 fully saturated rings. The van der Waals surface area contributed by atoms with Crippen molar-refractivity contribution in [3.8, 4) is 95.2 Å². The number of benzene rings is 11. The van der Waals surface area contributed by atoms with Crippen molar-refractivity contribution in [1.29, 1.82) is 0 Å². The maximum absolute atomic E-state index is 6.21. The third-order valence-electron chi connectivity index (χ3n) is 14.5. The Morgan fingerprint density at radius 3 is 1.28 bits per heavy atom. The van der Waals surface area contributed by atoms with Gasteiger partial charge in [0.25, 0.3) is 0 Å². The van der Waals surface area contributed by atoms with Crippen molar-refractivity contribution < 1.29 is 4.42 Å². The summed E-state index contributed by atoms with van der Waals surface area (Å²) in [7, 11) is 0. The van der Waals surface area contributed by atoms with Crippen LogP contribution in [-0.2, 0) is 0 Å². The van der Waals surface area contributed by atoms with Gasteiger partial charge < -0.3 is 8.98 Å². The smallest absolute Gasteiger partial charge is 0.160 e. The molecule has 14 rings (SSSR count). The molecule has 0 saturated heterocycles. The van der Waals surface area contributed by atoms with E-state index in [1.54, 1.807) is 0 Å². The second kappa shape index (κ2) is 18.1. The van der Waals surface area contributed by atoms with Crippen LogP contribution in [0.1, 0.15) is 0 Å². The molecule has 11 aromatic carbocycles. The van der Waals surface area contributed by atoms with Gasteiger partial charge in [0, 0.05) is 43.9 Å². The summed E-state index contributed by atoms with van der Waals surface area (Å²) in [6.07, 6.45) is 0. The number of fused-ring (bicyclic) bond motifs is 6. The average Bonchev–Trinajstić information content (AvgIpc) is 4.03. The van der Waals surface area contributed by atoms with Crippen molar-refractivity contribution in [3.05, 3.63) is 273 Å². The lowest BCUT2D eigenvalue weighted by molar-refractivity contribution is 0.669. The average molecular weight is 944 g/mol. The van der Waals surface area contributed by atoms with Crippen LogP contribution in [0, 0.1) is 0 Å². The largest absolute Gasteiger partial charge is 0.456 e. The zero-order chi connectivity index (χ0) is 49.0. The molecule has 0 aliphatic heterocycles. The summed E-state index contributed by atoms with van der Waals surface area (Å²) >= 11 is 0. The van der Waals surface area contributed by atoms with Gasteiger partial charge in [-0.25, -0.2) is 9.97 Å². The van der Waals surface area contributed by atoms with Crippen molar-refractivity contribution >= 4 is 43.7 Å². The molecule has 4 heteroatoms. The molecule has 0 aliphatic rings. The molecular weight excluding hydrogens is 899 g/mol. The molecule has 0 saturated carbocycles. The number of rotatable bonds is 9. The van der Waals surface area contributed by atoms with Crippen molar-refractivity contribution in [2.75, 3.05) is 0 Å². The van der Waals surface area contributed by atoms with E-state index in [0.717, 1.165) is 89.0 Å². The number of hydrogen-bond acceptors (Lipinski definition) is 3. The lowest BCUT2D eigenvalue weighted by Crippen LogP contribution is -1.97. The van der Waals surface area contributed by atoms with Crippen molar-refractivity contribution in [1.82, 2.24) is 14.5 Å². The molecule has 3 aromatic heterocycles. The van der Waals surface area contributed by atoms with Crippen molar-refractivity contribution in [3.63, 3.8) is 0 Å². The van der Waals surface area contributed by atoms with Crippen LogP contribution in [0.25, 0.3) is 139 Å². The fourth-order valence-corrected chi connectivity index (χ4v) is 10.8. The number of aromatic nitrogens is 3. The van der Waals surface area contributed by atoms with Crippen LogP contribution in [0.15, 0.2) is 277 Å². The normalized spacial score (nSPS) is 11.5. The van der Waals surface area contributed by atoms with Crippen LogP contribution in [0.3, 0.4) is 0 Å². The molecule has 0 spiro atoms. The summed E-state index contributed by atoms with van der Waals surface area (Å²) in [5, 5.41) is 4.64. The van der Waals surface area contributed by atoms with Gasteiger partial charge in [0.15, 0.2) is 5.82 Å². The summed E-state index contributed by atoms with van der Waals surface area (Å²) in [6.45, 7) is 0. The predicted octanol–water partition coefficient (Wildman–Crippen LogP) is 18.8. The van der Waals surface area contributed by atoms with E-state index in [1.807, 2.05) is 24.3 Å². The summed E-state index contributed by atoms with van der Waals surface area (Å²) in [4.78, 5) is 10.5. The minimum absolute atomic E-state index is 0.672. The molecule has 4 nitrogen and oxygen atoms in total. The molecule has 3 heterocycles. The number of nitrogens with zero attached hydrogens (tertiary/aromatic N) is 3. The topological polar surface area (TPSA) is 43.9 Å². The van der Waals surface area contributed by atoms with E-state index in [1.165, 1.54) is 44.2 Å². The van der Waals surface area contributed by atoms with Gasteiger partial charge in [-0.1, -0.05) is 206 Å². The molecule has 0 amide bonds. The highest BCUT2D eigenvalue weighted by atomic mass is 16.3. The van der Waals surface area contributed by atoms with Crippen LogP contribution < -0.4 is 0 Å². The molecule has 0 bridgehead atoms. The Morgan fingerprint density at radius 1 is 0.257 bits per heavy atom. The molecule has 0 aliphatic carbocycles. The van der Waals surface area contributed by atoms with Gasteiger partial charge in [-0.3, -0.25) is 0 Å². The number of furan rings is 1. The van der Waals surface area contributed by atoms with Crippen molar-refractivity contribution in [2.24, 2.45) is 0 Å². The van der Waals surface area contributed by atoms with Gasteiger partial charge in [0.1, 0.15) is 11.2 Å². The summed E-state index contributed by atoms with van der Waals surface area (Å²) in [6, 6.07) is 97.2. The van der Waals surface area contributed by atoms with Gasteiger partial charge in [0.2, 0.25) is 0 Å². The maximum Gasteiger partial charge on any atom is 0.160 e. The molecular formula is C70H45N3O. The number of hydrogen-bond donors (Lipinski definition) is 0. The molecule has 0 N–H and O–H groups in total. The minimum Gasteiger partial charge on any atom is -0.456 e. The Bertz CT molecular complexity index is 4280. The second-order valence-electron chi connectivity index (χ2n) is 18.9. The first-order valence-electron chi connectivity index (χ1n) is 25.1. The highest BCUT2D eigenvalue weighted by molar-refractivity contribution is 6.11. The van der Waals surface area contributed by atoms with E-state index >= 15 is 0 Å². The van der Waals surface area contributed by atoms with Gasteiger partial charge in [-0.2, -0.15) is 0 Å². The monoisotopic (exact) mass is 943 g/mol. The summed E-state index contributed by atoms with van der Waals surface area (Å²) in [5.74, 6) is 0.672. The molecule has 74 heavy (non-hydrogen) atoms. The Morgan fingerprint density at radius 2 is 0.676 bits per heavy atom. The molecule has 0 atom stereocenters. The Labute approximate surface area is 428 Å². The van der Waals surface area contributed by atoms with E-state index in [-0.39, 0.29) is 0 Å². The Hall–Kier alpha value is -9.90. The summed E-state index contributed by atoms with van der Waals surface area (Å²) < 4.78 is 8.58. The van der Waals surface area contributed by atoms with Crippen LogP contribution in [0.4, 0.5) is 0 Å². The number of para-hydroxylation sites is 2. The van der Waals surface area contributed by atoms with E-state index < -0.39 is 0 Å². The van der Waals surface area contributed by atoms with Crippen LogP contribution >= 0.6 is 0 Å². The first-order valence-corrected chi connectivity index (χ1v) is 25.1. The highest BCUT2D eigenvalue weighted by Crippen LogP contribution is 2.42. The fourth-order valence-electron chi connectivity index (χ4n) is 10.8. The van der Waals surface area contributed by atoms with Gasteiger partial charge >= 0.3 is 0 Å². The molecule has 0 radical (unpaired) electrons. The standard InChI is InChI=1S/C70H45N3O/c1-3-15-46(16-4-1)48-27-31-50(32-28-48)64-45-65(51-33-29-49(30-34-51)47-17-5-2-6-18-47)72-70(71-64)52-35-39-55(40-36-52)73-66-25-13-11-23-60(66)62-43-53(37-41-67(62)73)56-19-7-9-21-58(56)59-22-10-8-20-57(59)54-38-42-69-63(44-54)61-24-12-14-26-68(61)74-69/h1-45H. The quantitative estimate of drug-likeness (QED) is 0.145. The first-order chi connectivity index (χ1) is 36.7. The van der Waals surface area contributed by atoms with E-state index in [0.29, 0.717) is 5.82 Å². The zero-order valence-electron chi connectivity index (χ0n) is 40.2. The van der Waals surface area contributed by atoms with Crippen molar-refractivity contribution in [2.45, 2.75) is 0 Å². The maximum atomic E-state index is 6.21. The molecule has 14 aromatic rings. The van der Waals surface area contributed by atoms with Gasteiger partial charge in [-0.15, -0.1) is 0 Å². The zero-order valence-corrected chi connectivity index (χ0v) is 40.2. The van der Waals surface area contributed by atoms with E-state index in [4.69, 9.17) is 14.4 Å². The van der Waals surface area contributed by atoms with Gasteiger partial charge in [-0.05, 0) is 122 Å². The predicted molar refractivity (Wildman–Crippen MR) is 307 cm³/mol. The Kier molecular flexibility index (Phi) is 10.5. The Balaban J connectivity index is 0.833. The van der Waals surface area contributed by atoms with Crippen LogP contribution in [0.2, 0.25) is 0 Å².